The number of fused-ring (bicyclic) bond motifs is 5. The van der Waals surface area contributed by atoms with Crippen molar-refractivity contribution in [3.8, 4) is 0 Å². The van der Waals surface area contributed by atoms with Gasteiger partial charge in [-0.05, 0) is 79.2 Å². The van der Waals surface area contributed by atoms with Crippen molar-refractivity contribution in [2.45, 2.75) is 64.3 Å². The summed E-state index contributed by atoms with van der Waals surface area (Å²) >= 11 is 0. The minimum Gasteiger partial charge on any atom is -0.388 e. The van der Waals surface area contributed by atoms with Crippen LogP contribution in [0.25, 0.3) is 6.08 Å². The van der Waals surface area contributed by atoms with E-state index in [-0.39, 0.29) is 28.7 Å². The molecule has 0 aromatic heterocycles. The molecule has 7 atom stereocenters. The fourth-order valence-corrected chi connectivity index (χ4v) is 7.76. The molecule has 1 amide bonds. The van der Waals surface area contributed by atoms with Crippen molar-refractivity contribution in [2.75, 3.05) is 7.05 Å². The first-order valence-electron chi connectivity index (χ1n) is 12.0. The SMILES string of the molecule is CN1C(=O)C=C[C@@]2(C)C1CC[C@@H]1[C@H]2CC[C@]2(C)C(O)C(=Cc3cccc(C(F)(F)F)c3)C[C@@H]12. The van der Waals surface area contributed by atoms with Gasteiger partial charge < -0.3 is 10.0 Å². The average Bonchev–Trinajstić information content (AvgIpc) is 3.01. The number of amides is 1. The number of likely N-dealkylation sites (N-methyl/N-ethyl adjacent to an activating group) is 1. The molecule has 1 aromatic carbocycles. The van der Waals surface area contributed by atoms with Gasteiger partial charge in [0.2, 0.25) is 5.91 Å². The monoisotopic (exact) mass is 459 g/mol. The van der Waals surface area contributed by atoms with Gasteiger partial charge in [-0.25, -0.2) is 0 Å². The lowest BCUT2D eigenvalue weighted by atomic mass is 9.48. The van der Waals surface area contributed by atoms with Gasteiger partial charge in [-0.15, -0.1) is 0 Å². The standard InChI is InChI=1S/C27H32F3NO2/c1-25-12-10-23(32)31(3)22(25)8-7-19-20(25)9-11-26(2)21(19)15-17(24(26)33)13-16-5-4-6-18(14-16)27(28,29)30/h4-6,10,12-14,19-22,24,33H,7-9,11,15H2,1-3H3/t19-,20-,21+,22?,24?,25-,26+/m1/s1. The summed E-state index contributed by atoms with van der Waals surface area (Å²) in [4.78, 5) is 14.2. The summed E-state index contributed by atoms with van der Waals surface area (Å²) in [6.07, 6.45) is 5.14. The van der Waals surface area contributed by atoms with E-state index in [0.717, 1.165) is 37.3 Å². The zero-order chi connectivity index (χ0) is 23.8. The lowest BCUT2D eigenvalue weighted by Gasteiger charge is -2.59. The van der Waals surface area contributed by atoms with E-state index in [4.69, 9.17) is 0 Å². The van der Waals surface area contributed by atoms with Gasteiger partial charge in [-0.3, -0.25) is 4.79 Å². The Labute approximate surface area is 193 Å². The Bertz CT molecular complexity index is 1030. The molecule has 0 bridgehead atoms. The highest BCUT2D eigenvalue weighted by Gasteiger charge is 2.61. The summed E-state index contributed by atoms with van der Waals surface area (Å²) < 4.78 is 39.5. The third-order valence-electron chi connectivity index (χ3n) is 9.56. The van der Waals surface area contributed by atoms with E-state index in [0.29, 0.717) is 23.8 Å². The van der Waals surface area contributed by atoms with Crippen LogP contribution in [-0.4, -0.2) is 35.1 Å². The lowest BCUT2D eigenvalue weighted by molar-refractivity contribution is -0.140. The van der Waals surface area contributed by atoms with Crippen molar-refractivity contribution < 1.29 is 23.1 Å². The number of rotatable bonds is 1. The molecule has 0 saturated heterocycles. The lowest BCUT2D eigenvalue weighted by Crippen LogP contribution is -2.59. The summed E-state index contributed by atoms with van der Waals surface area (Å²) in [6, 6.07) is 5.55. The zero-order valence-corrected chi connectivity index (χ0v) is 19.4. The minimum atomic E-state index is -4.38. The van der Waals surface area contributed by atoms with Crippen LogP contribution in [-0.2, 0) is 11.0 Å². The number of hydrogen-bond acceptors (Lipinski definition) is 2. The van der Waals surface area contributed by atoms with Crippen LogP contribution in [0.2, 0.25) is 0 Å². The Balaban J connectivity index is 1.46. The van der Waals surface area contributed by atoms with Crippen LogP contribution in [0.3, 0.4) is 0 Å². The van der Waals surface area contributed by atoms with Gasteiger partial charge >= 0.3 is 6.18 Å². The maximum absolute atomic E-state index is 13.2. The van der Waals surface area contributed by atoms with Crippen LogP contribution in [0.4, 0.5) is 13.2 Å². The molecule has 178 valence electrons. The number of benzene rings is 1. The Hall–Kier alpha value is -2.08. The predicted molar refractivity (Wildman–Crippen MR) is 121 cm³/mol. The minimum absolute atomic E-state index is 0.0687. The number of carbonyl (C=O) groups excluding carboxylic acids is 1. The van der Waals surface area contributed by atoms with E-state index < -0.39 is 17.8 Å². The highest BCUT2D eigenvalue weighted by atomic mass is 19.4. The molecule has 0 radical (unpaired) electrons. The van der Waals surface area contributed by atoms with E-state index in [2.05, 4.69) is 19.9 Å². The number of alkyl halides is 3. The van der Waals surface area contributed by atoms with Crippen molar-refractivity contribution in [2.24, 2.45) is 28.6 Å². The molecule has 3 aliphatic carbocycles. The fraction of sp³-hybridized carbons (Fsp3) is 0.593. The second-order valence-electron chi connectivity index (χ2n) is 11.1. The van der Waals surface area contributed by atoms with Gasteiger partial charge in [-0.1, -0.05) is 38.1 Å². The first kappa shape index (κ1) is 22.7. The van der Waals surface area contributed by atoms with E-state index in [9.17, 15) is 23.1 Å². The first-order chi connectivity index (χ1) is 15.4. The van der Waals surface area contributed by atoms with Crippen molar-refractivity contribution in [3.63, 3.8) is 0 Å². The van der Waals surface area contributed by atoms with Crippen LogP contribution < -0.4 is 0 Å². The molecule has 1 heterocycles. The van der Waals surface area contributed by atoms with Gasteiger partial charge in [-0.2, -0.15) is 13.2 Å². The molecular weight excluding hydrogens is 427 g/mol. The molecule has 2 unspecified atom stereocenters. The fourth-order valence-electron chi connectivity index (χ4n) is 7.76. The van der Waals surface area contributed by atoms with Crippen molar-refractivity contribution in [3.05, 3.63) is 53.1 Å². The summed E-state index contributed by atoms with van der Waals surface area (Å²) in [6.45, 7) is 4.44. The van der Waals surface area contributed by atoms with Crippen molar-refractivity contribution in [1.29, 1.82) is 0 Å². The van der Waals surface area contributed by atoms with Crippen LogP contribution in [0.1, 0.15) is 57.1 Å². The maximum atomic E-state index is 13.2. The molecule has 6 heteroatoms. The molecule has 5 rings (SSSR count). The molecule has 1 N–H and O–H groups in total. The highest BCUT2D eigenvalue weighted by molar-refractivity contribution is 5.89. The molecule has 0 spiro atoms. The number of aliphatic hydroxyl groups is 1. The van der Waals surface area contributed by atoms with E-state index in [1.807, 2.05) is 11.9 Å². The molecule has 1 aliphatic heterocycles. The smallest absolute Gasteiger partial charge is 0.388 e. The van der Waals surface area contributed by atoms with Gasteiger partial charge in [0.15, 0.2) is 0 Å². The van der Waals surface area contributed by atoms with Gasteiger partial charge in [0.25, 0.3) is 0 Å². The Morgan fingerprint density at radius 2 is 1.91 bits per heavy atom. The molecule has 4 aliphatic rings. The molecule has 33 heavy (non-hydrogen) atoms. The quantitative estimate of drug-likeness (QED) is 0.585. The third kappa shape index (κ3) is 3.39. The molecule has 3 fully saturated rings. The van der Waals surface area contributed by atoms with Gasteiger partial charge in [0.05, 0.1) is 11.7 Å². The second kappa shape index (κ2) is 7.46. The molecule has 3 saturated carbocycles. The zero-order valence-electron chi connectivity index (χ0n) is 19.4. The summed E-state index contributed by atoms with van der Waals surface area (Å²) in [5.74, 6) is 1.22. The number of aliphatic hydroxyl groups excluding tert-OH is 1. The summed E-state index contributed by atoms with van der Waals surface area (Å²) in [7, 11) is 1.90. The van der Waals surface area contributed by atoms with Crippen LogP contribution >= 0.6 is 0 Å². The third-order valence-corrected chi connectivity index (χ3v) is 9.56. The highest BCUT2D eigenvalue weighted by Crippen LogP contribution is 2.65. The van der Waals surface area contributed by atoms with Crippen molar-refractivity contribution in [1.82, 2.24) is 4.90 Å². The first-order valence-corrected chi connectivity index (χ1v) is 12.0. The second-order valence-corrected chi connectivity index (χ2v) is 11.1. The number of carbonyl (C=O) groups is 1. The Morgan fingerprint density at radius 1 is 1.15 bits per heavy atom. The number of halogens is 3. The molecular formula is C27H32F3NO2. The summed E-state index contributed by atoms with van der Waals surface area (Å²) in [5.41, 5.74) is 0.329. The van der Waals surface area contributed by atoms with Crippen LogP contribution in [0.15, 0.2) is 42.0 Å². The van der Waals surface area contributed by atoms with E-state index in [1.165, 1.54) is 12.1 Å². The molecule has 1 aromatic rings. The number of nitrogens with zero attached hydrogens (tertiary/aromatic N) is 1. The van der Waals surface area contributed by atoms with E-state index in [1.54, 1.807) is 18.2 Å². The predicted octanol–water partition coefficient (Wildman–Crippen LogP) is 5.70. The average molecular weight is 460 g/mol. The normalized spacial score (nSPS) is 41.7. The summed E-state index contributed by atoms with van der Waals surface area (Å²) in [5, 5.41) is 11.3. The maximum Gasteiger partial charge on any atom is 0.416 e. The Morgan fingerprint density at radius 3 is 2.64 bits per heavy atom. The van der Waals surface area contributed by atoms with Crippen LogP contribution in [0, 0.1) is 28.6 Å². The van der Waals surface area contributed by atoms with Gasteiger partial charge in [0, 0.05) is 23.9 Å². The van der Waals surface area contributed by atoms with Gasteiger partial charge in [0.1, 0.15) is 0 Å². The van der Waals surface area contributed by atoms with Crippen LogP contribution in [0.5, 0.6) is 0 Å². The Kier molecular flexibility index (Phi) is 5.13. The van der Waals surface area contributed by atoms with E-state index >= 15 is 0 Å². The number of hydrogen-bond donors (Lipinski definition) is 1. The van der Waals surface area contributed by atoms with Crippen molar-refractivity contribution >= 4 is 12.0 Å². The topological polar surface area (TPSA) is 40.5 Å². The molecule has 3 nitrogen and oxygen atoms in total. The largest absolute Gasteiger partial charge is 0.416 e.